The van der Waals surface area contributed by atoms with E-state index in [4.69, 9.17) is 9.47 Å². The summed E-state index contributed by atoms with van der Waals surface area (Å²) in [5.74, 6) is -0.116. The summed E-state index contributed by atoms with van der Waals surface area (Å²) in [6, 6.07) is 0. The number of carbonyl (C=O) groups excluding carboxylic acids is 1. The van der Waals surface area contributed by atoms with Crippen molar-refractivity contribution in [1.82, 2.24) is 0 Å². The van der Waals surface area contributed by atoms with Crippen molar-refractivity contribution in [3.05, 3.63) is 0 Å². The van der Waals surface area contributed by atoms with Crippen LogP contribution in [0.4, 0.5) is 0 Å². The lowest BCUT2D eigenvalue weighted by atomic mass is 9.85. The van der Waals surface area contributed by atoms with Crippen LogP contribution < -0.4 is 0 Å². The predicted molar refractivity (Wildman–Crippen MR) is 51.5 cm³/mol. The molecule has 0 heterocycles. The largest absolute Gasteiger partial charge is 0.463 e. The van der Waals surface area contributed by atoms with Gasteiger partial charge in [0.15, 0.2) is 0 Å². The smallest absolute Gasteiger partial charge is 0.311 e. The number of esters is 1. The standard InChI is InChI=1S/C10H20O3/c1-5-10(3,6-2)9(11)13-8-7-12-4/h5-8H2,1-4H3. The highest BCUT2D eigenvalue weighted by Gasteiger charge is 2.30. The third-order valence-electron chi connectivity index (χ3n) is 2.57. The molecule has 0 aliphatic rings. The molecule has 0 saturated heterocycles. The van der Waals surface area contributed by atoms with Gasteiger partial charge in [0.05, 0.1) is 12.0 Å². The zero-order valence-corrected chi connectivity index (χ0v) is 9.05. The van der Waals surface area contributed by atoms with Crippen molar-refractivity contribution >= 4 is 5.97 Å². The second kappa shape index (κ2) is 5.97. The molecular formula is C10H20O3. The fourth-order valence-corrected chi connectivity index (χ4v) is 0.931. The van der Waals surface area contributed by atoms with Crippen LogP contribution in [0.3, 0.4) is 0 Å². The minimum absolute atomic E-state index is 0.116. The van der Waals surface area contributed by atoms with E-state index < -0.39 is 0 Å². The highest BCUT2D eigenvalue weighted by atomic mass is 16.6. The second-order valence-electron chi connectivity index (χ2n) is 3.40. The fraction of sp³-hybridized carbons (Fsp3) is 0.900. The molecule has 3 nitrogen and oxygen atoms in total. The number of ether oxygens (including phenoxy) is 2. The summed E-state index contributed by atoms with van der Waals surface area (Å²) in [5, 5.41) is 0. The van der Waals surface area contributed by atoms with Crippen molar-refractivity contribution in [2.75, 3.05) is 20.3 Å². The second-order valence-corrected chi connectivity index (χ2v) is 3.40. The fourth-order valence-electron chi connectivity index (χ4n) is 0.931. The first kappa shape index (κ1) is 12.4. The topological polar surface area (TPSA) is 35.5 Å². The van der Waals surface area contributed by atoms with Crippen molar-refractivity contribution in [2.45, 2.75) is 33.6 Å². The molecule has 0 atom stereocenters. The van der Waals surface area contributed by atoms with Crippen molar-refractivity contribution in [2.24, 2.45) is 5.41 Å². The zero-order chi connectivity index (χ0) is 10.3. The lowest BCUT2D eigenvalue weighted by Gasteiger charge is -2.23. The molecule has 0 amide bonds. The molecule has 0 aromatic rings. The highest BCUT2D eigenvalue weighted by molar-refractivity contribution is 5.76. The highest BCUT2D eigenvalue weighted by Crippen LogP contribution is 2.26. The Labute approximate surface area is 80.4 Å². The van der Waals surface area contributed by atoms with Crippen LogP contribution >= 0.6 is 0 Å². The van der Waals surface area contributed by atoms with Gasteiger partial charge in [0.2, 0.25) is 0 Å². The predicted octanol–water partition coefficient (Wildman–Crippen LogP) is 2.00. The SMILES string of the molecule is CCC(C)(CC)C(=O)OCCOC. The van der Waals surface area contributed by atoms with Crippen LogP contribution in [0.5, 0.6) is 0 Å². The van der Waals surface area contributed by atoms with E-state index >= 15 is 0 Å². The lowest BCUT2D eigenvalue weighted by Crippen LogP contribution is -2.29. The summed E-state index contributed by atoms with van der Waals surface area (Å²) in [6.07, 6.45) is 1.63. The molecule has 0 bridgehead atoms. The molecule has 3 heteroatoms. The molecule has 0 aromatic heterocycles. The van der Waals surface area contributed by atoms with Gasteiger partial charge in [0, 0.05) is 7.11 Å². The average molecular weight is 188 g/mol. The van der Waals surface area contributed by atoms with E-state index in [0.717, 1.165) is 12.8 Å². The summed E-state index contributed by atoms with van der Waals surface area (Å²) in [5.41, 5.74) is -0.326. The molecule has 0 unspecified atom stereocenters. The van der Waals surface area contributed by atoms with E-state index in [1.165, 1.54) is 0 Å². The number of rotatable bonds is 6. The van der Waals surface area contributed by atoms with Gasteiger partial charge >= 0.3 is 5.97 Å². The first-order valence-corrected chi connectivity index (χ1v) is 4.77. The average Bonchev–Trinajstić information content (AvgIpc) is 2.17. The van der Waals surface area contributed by atoms with E-state index in [1.54, 1.807) is 7.11 Å². The normalized spacial score (nSPS) is 11.4. The summed E-state index contributed by atoms with van der Waals surface area (Å²) in [7, 11) is 1.59. The first-order chi connectivity index (χ1) is 6.10. The van der Waals surface area contributed by atoms with Gasteiger partial charge in [-0.25, -0.2) is 0 Å². The van der Waals surface area contributed by atoms with Gasteiger partial charge in [-0.15, -0.1) is 0 Å². The summed E-state index contributed by atoms with van der Waals surface area (Å²) < 4.78 is 9.86. The molecule has 78 valence electrons. The van der Waals surface area contributed by atoms with E-state index in [9.17, 15) is 4.79 Å². The molecule has 0 aliphatic carbocycles. The Hall–Kier alpha value is -0.570. The Morgan fingerprint density at radius 3 is 2.15 bits per heavy atom. The third kappa shape index (κ3) is 3.77. The van der Waals surface area contributed by atoms with Gasteiger partial charge in [-0.05, 0) is 19.8 Å². The van der Waals surface area contributed by atoms with E-state index in [1.807, 2.05) is 20.8 Å². The molecular weight excluding hydrogens is 168 g/mol. The Balaban J connectivity index is 3.92. The van der Waals surface area contributed by atoms with Gasteiger partial charge < -0.3 is 9.47 Å². The molecule has 0 spiro atoms. The Kier molecular flexibility index (Phi) is 5.71. The Bertz CT molecular complexity index is 150. The van der Waals surface area contributed by atoms with E-state index in [-0.39, 0.29) is 11.4 Å². The molecule has 0 aliphatic heterocycles. The van der Waals surface area contributed by atoms with Crippen LogP contribution in [-0.4, -0.2) is 26.3 Å². The molecule has 0 rings (SSSR count). The van der Waals surface area contributed by atoms with Crippen LogP contribution in [0.2, 0.25) is 0 Å². The number of carbonyl (C=O) groups is 1. The van der Waals surface area contributed by atoms with Crippen molar-refractivity contribution < 1.29 is 14.3 Å². The minimum Gasteiger partial charge on any atom is -0.463 e. The lowest BCUT2D eigenvalue weighted by molar-refractivity contribution is -0.156. The molecule has 0 aromatic carbocycles. The third-order valence-corrected chi connectivity index (χ3v) is 2.57. The number of hydrogen-bond acceptors (Lipinski definition) is 3. The minimum atomic E-state index is -0.326. The van der Waals surface area contributed by atoms with Crippen molar-refractivity contribution in [3.8, 4) is 0 Å². The van der Waals surface area contributed by atoms with Crippen LogP contribution in [-0.2, 0) is 14.3 Å². The van der Waals surface area contributed by atoms with Crippen LogP contribution in [0.25, 0.3) is 0 Å². The maximum Gasteiger partial charge on any atom is 0.311 e. The van der Waals surface area contributed by atoms with Crippen molar-refractivity contribution in [3.63, 3.8) is 0 Å². The van der Waals surface area contributed by atoms with Crippen LogP contribution in [0.15, 0.2) is 0 Å². The first-order valence-electron chi connectivity index (χ1n) is 4.77. The number of hydrogen-bond donors (Lipinski definition) is 0. The summed E-state index contributed by atoms with van der Waals surface area (Å²) >= 11 is 0. The monoisotopic (exact) mass is 188 g/mol. The number of methoxy groups -OCH3 is 1. The van der Waals surface area contributed by atoms with Crippen molar-refractivity contribution in [1.29, 1.82) is 0 Å². The Morgan fingerprint density at radius 1 is 1.23 bits per heavy atom. The van der Waals surface area contributed by atoms with E-state index in [0.29, 0.717) is 13.2 Å². The van der Waals surface area contributed by atoms with E-state index in [2.05, 4.69) is 0 Å². The van der Waals surface area contributed by atoms with Crippen LogP contribution in [0, 0.1) is 5.41 Å². The van der Waals surface area contributed by atoms with Gasteiger partial charge in [0.25, 0.3) is 0 Å². The molecule has 0 N–H and O–H groups in total. The molecule has 0 radical (unpaired) electrons. The maximum atomic E-state index is 11.5. The molecule has 0 fully saturated rings. The molecule has 13 heavy (non-hydrogen) atoms. The van der Waals surface area contributed by atoms with Gasteiger partial charge in [0.1, 0.15) is 6.61 Å². The van der Waals surface area contributed by atoms with Gasteiger partial charge in [-0.3, -0.25) is 4.79 Å². The zero-order valence-electron chi connectivity index (χ0n) is 9.05. The maximum absolute atomic E-state index is 11.5. The van der Waals surface area contributed by atoms with Gasteiger partial charge in [-0.1, -0.05) is 13.8 Å². The summed E-state index contributed by atoms with van der Waals surface area (Å²) in [6.45, 7) is 6.75. The quantitative estimate of drug-likeness (QED) is 0.472. The van der Waals surface area contributed by atoms with Crippen LogP contribution in [0.1, 0.15) is 33.6 Å². The van der Waals surface area contributed by atoms with Gasteiger partial charge in [-0.2, -0.15) is 0 Å². The summed E-state index contributed by atoms with van der Waals surface area (Å²) in [4.78, 5) is 11.5. The molecule has 0 saturated carbocycles. The Morgan fingerprint density at radius 2 is 1.77 bits per heavy atom.